The number of aromatic nitrogens is 4. The molecular weight excluding hydrogens is 242 g/mol. The number of rotatable bonds is 4. The summed E-state index contributed by atoms with van der Waals surface area (Å²) < 4.78 is 2.10. The number of aryl methyl sites for hydroxylation is 1. The van der Waals surface area contributed by atoms with Crippen LogP contribution in [0, 0.1) is 0 Å². The summed E-state index contributed by atoms with van der Waals surface area (Å²) in [7, 11) is 2.04. The van der Waals surface area contributed by atoms with Gasteiger partial charge in [0.1, 0.15) is 5.82 Å². The molecule has 6 heteroatoms. The first-order valence-corrected chi connectivity index (χ1v) is 6.10. The summed E-state index contributed by atoms with van der Waals surface area (Å²) in [5, 5.41) is 10.7. The monoisotopic (exact) mass is 257 g/mol. The Bertz CT molecular complexity index is 752. The molecule has 0 amide bonds. The maximum absolute atomic E-state index is 10.9. The second-order valence-electron chi connectivity index (χ2n) is 4.55. The number of benzene rings is 1. The summed E-state index contributed by atoms with van der Waals surface area (Å²) in [5.41, 5.74) is 2.15. The van der Waals surface area contributed by atoms with Crippen LogP contribution >= 0.6 is 0 Å². The molecule has 0 bridgehead atoms. The minimum absolute atomic E-state index is 0.275. The van der Waals surface area contributed by atoms with Crippen LogP contribution in [-0.4, -0.2) is 19.7 Å². The van der Waals surface area contributed by atoms with Gasteiger partial charge in [-0.25, -0.2) is 9.89 Å². The average molecular weight is 257 g/mol. The molecule has 1 aromatic carbocycles. The van der Waals surface area contributed by atoms with Crippen LogP contribution in [0.1, 0.15) is 11.4 Å². The molecule has 0 saturated carbocycles. The van der Waals surface area contributed by atoms with Gasteiger partial charge in [-0.3, -0.25) is 4.98 Å². The zero-order valence-corrected chi connectivity index (χ0v) is 10.6. The number of nitrogens with zero attached hydrogens (tertiary/aromatic N) is 2. The second-order valence-corrected chi connectivity index (χ2v) is 4.55. The third kappa shape index (κ3) is 2.43. The lowest BCUT2D eigenvalue weighted by molar-refractivity contribution is 0.665. The van der Waals surface area contributed by atoms with Crippen LogP contribution in [0.3, 0.4) is 0 Å². The van der Waals surface area contributed by atoms with Gasteiger partial charge in [0.2, 0.25) is 0 Å². The smallest absolute Gasteiger partial charge is 0.340 e. The van der Waals surface area contributed by atoms with E-state index in [-0.39, 0.29) is 5.69 Å². The van der Waals surface area contributed by atoms with Gasteiger partial charge >= 0.3 is 5.69 Å². The van der Waals surface area contributed by atoms with E-state index in [4.69, 9.17) is 0 Å². The molecule has 3 rings (SSSR count). The first kappa shape index (κ1) is 11.7. The van der Waals surface area contributed by atoms with Gasteiger partial charge in [-0.2, -0.15) is 5.10 Å². The van der Waals surface area contributed by atoms with Crippen molar-refractivity contribution in [1.82, 2.24) is 25.1 Å². The summed E-state index contributed by atoms with van der Waals surface area (Å²) >= 11 is 0. The molecule has 0 radical (unpaired) electrons. The van der Waals surface area contributed by atoms with Crippen LogP contribution in [0.4, 0.5) is 0 Å². The number of nitrogens with one attached hydrogen (secondary N) is 3. The van der Waals surface area contributed by atoms with Gasteiger partial charge in [0.25, 0.3) is 0 Å². The predicted octanol–water partition coefficient (Wildman–Crippen LogP) is 0.879. The van der Waals surface area contributed by atoms with E-state index in [9.17, 15) is 4.79 Å². The molecule has 0 fully saturated rings. The van der Waals surface area contributed by atoms with Crippen molar-refractivity contribution in [2.45, 2.75) is 13.1 Å². The Morgan fingerprint density at radius 3 is 3.00 bits per heavy atom. The molecule has 0 saturated heterocycles. The number of fused-ring (bicyclic) bond motifs is 1. The highest BCUT2D eigenvalue weighted by Crippen LogP contribution is 2.16. The van der Waals surface area contributed by atoms with E-state index >= 15 is 0 Å². The van der Waals surface area contributed by atoms with Gasteiger partial charge in [-0.1, -0.05) is 6.07 Å². The normalized spacial score (nSPS) is 11.2. The van der Waals surface area contributed by atoms with Crippen LogP contribution in [-0.2, 0) is 20.1 Å². The zero-order valence-electron chi connectivity index (χ0n) is 10.6. The minimum Gasteiger partial charge on any atom is -0.351 e. The lowest BCUT2D eigenvalue weighted by Gasteiger charge is -2.04. The van der Waals surface area contributed by atoms with Crippen LogP contribution < -0.4 is 11.0 Å². The molecule has 0 aliphatic carbocycles. The maximum atomic E-state index is 10.9. The van der Waals surface area contributed by atoms with Gasteiger partial charge in [0.05, 0.1) is 6.54 Å². The first-order chi connectivity index (χ1) is 9.22. The molecule has 0 aliphatic rings. The topological polar surface area (TPSA) is 78.5 Å². The largest absolute Gasteiger partial charge is 0.351 e. The van der Waals surface area contributed by atoms with Crippen LogP contribution in [0.5, 0.6) is 0 Å². The Hall–Kier alpha value is -2.34. The van der Waals surface area contributed by atoms with Crippen molar-refractivity contribution < 1.29 is 0 Å². The summed E-state index contributed by atoms with van der Waals surface area (Å²) in [5.74, 6) is 0.616. The SMILES string of the molecule is Cn1ccc2cc(CNCc3n[nH]c(=O)[nH]3)ccc21. The second kappa shape index (κ2) is 4.74. The summed E-state index contributed by atoms with van der Waals surface area (Å²) in [6, 6.07) is 8.48. The summed E-state index contributed by atoms with van der Waals surface area (Å²) in [6.45, 7) is 1.27. The third-order valence-corrected chi connectivity index (χ3v) is 3.12. The number of hydrogen-bond donors (Lipinski definition) is 3. The zero-order chi connectivity index (χ0) is 13.2. The molecule has 0 spiro atoms. The molecule has 3 N–H and O–H groups in total. The number of aromatic amines is 2. The molecule has 2 aromatic heterocycles. The van der Waals surface area contributed by atoms with E-state index in [1.165, 1.54) is 16.5 Å². The van der Waals surface area contributed by atoms with Gasteiger partial charge in [-0.05, 0) is 29.1 Å². The van der Waals surface area contributed by atoms with Crippen molar-refractivity contribution in [2.75, 3.05) is 0 Å². The van der Waals surface area contributed by atoms with Crippen molar-refractivity contribution in [3.05, 3.63) is 52.3 Å². The number of hydrogen-bond acceptors (Lipinski definition) is 3. The molecule has 0 atom stereocenters. The molecule has 6 nitrogen and oxygen atoms in total. The fourth-order valence-electron chi connectivity index (χ4n) is 2.16. The van der Waals surface area contributed by atoms with E-state index in [0.717, 1.165) is 6.54 Å². The van der Waals surface area contributed by atoms with Crippen molar-refractivity contribution in [2.24, 2.45) is 7.05 Å². The minimum atomic E-state index is -0.275. The van der Waals surface area contributed by atoms with Crippen LogP contribution in [0.15, 0.2) is 35.3 Å². The Morgan fingerprint density at radius 2 is 2.21 bits per heavy atom. The molecular formula is C13H15N5O. The molecule has 98 valence electrons. The summed E-state index contributed by atoms with van der Waals surface area (Å²) in [4.78, 5) is 13.5. The fourth-order valence-corrected chi connectivity index (χ4v) is 2.16. The highest BCUT2D eigenvalue weighted by Gasteiger charge is 2.01. The molecule has 19 heavy (non-hydrogen) atoms. The molecule has 3 aromatic rings. The van der Waals surface area contributed by atoms with Crippen molar-refractivity contribution >= 4 is 10.9 Å². The molecule has 0 unspecified atom stereocenters. The van der Waals surface area contributed by atoms with Crippen molar-refractivity contribution in [1.29, 1.82) is 0 Å². The van der Waals surface area contributed by atoms with Gasteiger partial charge in [0, 0.05) is 25.3 Å². The number of H-pyrrole nitrogens is 2. The van der Waals surface area contributed by atoms with Gasteiger partial charge in [0.15, 0.2) is 0 Å². The van der Waals surface area contributed by atoms with Crippen molar-refractivity contribution in [3.8, 4) is 0 Å². The molecule has 0 aliphatic heterocycles. The van der Waals surface area contributed by atoms with Crippen LogP contribution in [0.2, 0.25) is 0 Å². The Labute approximate surface area is 109 Å². The predicted molar refractivity (Wildman–Crippen MR) is 72.7 cm³/mol. The van der Waals surface area contributed by atoms with Crippen LogP contribution in [0.25, 0.3) is 10.9 Å². The van der Waals surface area contributed by atoms with E-state index < -0.39 is 0 Å². The Kier molecular flexibility index (Phi) is 2.92. The van der Waals surface area contributed by atoms with Crippen molar-refractivity contribution in [3.63, 3.8) is 0 Å². The fraction of sp³-hybridized carbons (Fsp3) is 0.231. The average Bonchev–Trinajstić information content (AvgIpc) is 2.97. The lowest BCUT2D eigenvalue weighted by atomic mass is 10.1. The van der Waals surface area contributed by atoms with Gasteiger partial charge < -0.3 is 9.88 Å². The van der Waals surface area contributed by atoms with E-state index in [1.807, 2.05) is 7.05 Å². The Morgan fingerprint density at radius 1 is 1.32 bits per heavy atom. The highest BCUT2D eigenvalue weighted by molar-refractivity contribution is 5.80. The summed E-state index contributed by atoms with van der Waals surface area (Å²) in [6.07, 6.45) is 2.05. The highest BCUT2D eigenvalue weighted by atomic mass is 16.1. The lowest BCUT2D eigenvalue weighted by Crippen LogP contribution is -2.14. The quantitative estimate of drug-likeness (QED) is 0.649. The molecule has 2 heterocycles. The first-order valence-electron chi connectivity index (χ1n) is 6.10. The van der Waals surface area contributed by atoms with E-state index in [2.05, 4.69) is 55.5 Å². The third-order valence-electron chi connectivity index (χ3n) is 3.12. The maximum Gasteiger partial charge on any atom is 0.340 e. The van der Waals surface area contributed by atoms with E-state index in [1.54, 1.807) is 0 Å². The van der Waals surface area contributed by atoms with E-state index in [0.29, 0.717) is 12.4 Å². The Balaban J connectivity index is 1.66. The van der Waals surface area contributed by atoms with Gasteiger partial charge in [-0.15, -0.1) is 0 Å². The standard InChI is InChI=1S/C13H15N5O/c1-18-5-4-10-6-9(2-3-11(10)18)7-14-8-12-15-13(19)17-16-12/h2-6,14H,7-8H2,1H3,(H2,15,16,17,19).